The van der Waals surface area contributed by atoms with Crippen molar-refractivity contribution in [2.75, 3.05) is 13.7 Å². The zero-order valence-corrected chi connectivity index (χ0v) is 12.3. The molecule has 0 bridgehead atoms. The van der Waals surface area contributed by atoms with Gasteiger partial charge in [-0.3, -0.25) is 4.79 Å². The van der Waals surface area contributed by atoms with Crippen molar-refractivity contribution >= 4 is 12.3 Å². The number of esters is 1. The Hall–Kier alpha value is -2.11. The Morgan fingerprint density at radius 2 is 2.19 bits per heavy atom. The molecule has 0 amide bonds. The number of aromatic nitrogens is 1. The van der Waals surface area contributed by atoms with Crippen LogP contribution < -0.4 is 10.2 Å². The molecule has 114 valence electrons. The lowest BCUT2D eigenvalue weighted by Gasteiger charge is -2.19. The molecule has 6 heteroatoms. The number of carbonyl (C=O) groups excluding carboxylic acids is 2. The lowest BCUT2D eigenvalue weighted by Crippen LogP contribution is -2.29. The Labute approximate surface area is 122 Å². The molecule has 1 aromatic heterocycles. The van der Waals surface area contributed by atoms with E-state index in [0.29, 0.717) is 19.4 Å². The van der Waals surface area contributed by atoms with Crippen molar-refractivity contribution < 1.29 is 19.1 Å². The van der Waals surface area contributed by atoms with E-state index in [1.165, 1.54) is 23.9 Å². The van der Waals surface area contributed by atoms with Gasteiger partial charge in [0.15, 0.2) is 11.4 Å². The second-order valence-electron chi connectivity index (χ2n) is 5.14. The molecule has 21 heavy (non-hydrogen) atoms. The number of methoxy groups -OCH3 is 1. The summed E-state index contributed by atoms with van der Waals surface area (Å²) >= 11 is 0. The smallest absolute Gasteiger partial charge is 0.358 e. The third kappa shape index (κ3) is 2.84. The van der Waals surface area contributed by atoms with Gasteiger partial charge in [0.25, 0.3) is 0 Å². The topological polar surface area (TPSA) is 74.6 Å². The Bertz CT molecular complexity index is 601. The number of pyridine rings is 1. The van der Waals surface area contributed by atoms with Gasteiger partial charge in [-0.15, -0.1) is 0 Å². The first-order valence-electron chi connectivity index (χ1n) is 7.03. The largest absolute Gasteiger partial charge is 0.487 e. The molecule has 1 fully saturated rings. The summed E-state index contributed by atoms with van der Waals surface area (Å²) in [5, 5.41) is 0. The monoisotopic (exact) mass is 293 g/mol. The predicted molar refractivity (Wildman–Crippen MR) is 75.7 cm³/mol. The van der Waals surface area contributed by atoms with Gasteiger partial charge in [-0.1, -0.05) is 13.3 Å². The van der Waals surface area contributed by atoms with Crippen molar-refractivity contribution in [1.82, 2.24) is 4.57 Å². The van der Waals surface area contributed by atoms with Gasteiger partial charge in [0.05, 0.1) is 13.7 Å². The van der Waals surface area contributed by atoms with Crippen molar-refractivity contribution in [3.8, 4) is 5.75 Å². The van der Waals surface area contributed by atoms with Gasteiger partial charge in [-0.25, -0.2) is 4.79 Å². The molecule has 1 aliphatic carbocycles. The fourth-order valence-corrected chi connectivity index (χ4v) is 2.18. The standard InChI is InChI=1S/C15H19NO5/c1-3-4-9-21-13-11(18)5-8-16(12(13)14(19)20-2)15(10-17)6-7-15/h5,8,10H,3-4,6-7,9H2,1-2H3. The summed E-state index contributed by atoms with van der Waals surface area (Å²) in [6.07, 6.45) is 5.22. The maximum Gasteiger partial charge on any atom is 0.358 e. The van der Waals surface area contributed by atoms with E-state index in [4.69, 9.17) is 9.47 Å². The van der Waals surface area contributed by atoms with Crippen LogP contribution in [-0.4, -0.2) is 30.5 Å². The minimum Gasteiger partial charge on any atom is -0.487 e. The van der Waals surface area contributed by atoms with E-state index in [1.807, 2.05) is 6.92 Å². The van der Waals surface area contributed by atoms with E-state index >= 15 is 0 Å². The molecule has 0 spiro atoms. The van der Waals surface area contributed by atoms with Gasteiger partial charge >= 0.3 is 5.97 Å². The van der Waals surface area contributed by atoms with Gasteiger partial charge < -0.3 is 18.8 Å². The minimum absolute atomic E-state index is 0.0192. The molecular weight excluding hydrogens is 274 g/mol. The highest BCUT2D eigenvalue weighted by Gasteiger charge is 2.47. The highest BCUT2D eigenvalue weighted by atomic mass is 16.5. The van der Waals surface area contributed by atoms with Crippen molar-refractivity contribution in [2.24, 2.45) is 0 Å². The first-order valence-corrected chi connectivity index (χ1v) is 7.03. The zero-order chi connectivity index (χ0) is 15.5. The number of nitrogens with zero attached hydrogens (tertiary/aromatic N) is 1. The van der Waals surface area contributed by atoms with Gasteiger partial charge in [0, 0.05) is 12.3 Å². The molecule has 1 saturated carbocycles. The summed E-state index contributed by atoms with van der Waals surface area (Å²) in [4.78, 5) is 35.4. The second kappa shape index (κ2) is 6.11. The number of aldehydes is 1. The fourth-order valence-electron chi connectivity index (χ4n) is 2.18. The van der Waals surface area contributed by atoms with Crippen molar-refractivity contribution in [3.05, 3.63) is 28.2 Å². The number of hydrogen-bond donors (Lipinski definition) is 0. The average molecular weight is 293 g/mol. The Morgan fingerprint density at radius 3 is 2.71 bits per heavy atom. The lowest BCUT2D eigenvalue weighted by molar-refractivity contribution is -0.111. The van der Waals surface area contributed by atoms with Crippen LogP contribution in [0.2, 0.25) is 0 Å². The van der Waals surface area contributed by atoms with Crippen LogP contribution in [0.25, 0.3) is 0 Å². The van der Waals surface area contributed by atoms with Crippen LogP contribution in [0.3, 0.4) is 0 Å². The number of unbranched alkanes of at least 4 members (excludes halogenated alkanes) is 1. The Balaban J connectivity index is 2.51. The highest BCUT2D eigenvalue weighted by molar-refractivity contribution is 5.91. The van der Waals surface area contributed by atoms with Crippen LogP contribution in [0.1, 0.15) is 43.1 Å². The van der Waals surface area contributed by atoms with Crippen molar-refractivity contribution in [1.29, 1.82) is 0 Å². The molecule has 1 aliphatic rings. The van der Waals surface area contributed by atoms with Crippen molar-refractivity contribution in [2.45, 2.75) is 38.1 Å². The van der Waals surface area contributed by atoms with E-state index in [2.05, 4.69) is 0 Å². The predicted octanol–water partition coefficient (Wildman–Crippen LogP) is 1.50. The van der Waals surface area contributed by atoms with Crippen LogP contribution >= 0.6 is 0 Å². The fraction of sp³-hybridized carbons (Fsp3) is 0.533. The molecule has 1 heterocycles. The maximum absolute atomic E-state index is 12.1. The molecular formula is C15H19NO5. The van der Waals surface area contributed by atoms with Gasteiger partial charge in [-0.05, 0) is 19.3 Å². The van der Waals surface area contributed by atoms with Gasteiger partial charge in [0.2, 0.25) is 5.43 Å². The number of hydrogen-bond acceptors (Lipinski definition) is 5. The first kappa shape index (κ1) is 15.3. The molecule has 0 unspecified atom stereocenters. The number of ether oxygens (including phenoxy) is 2. The van der Waals surface area contributed by atoms with Gasteiger partial charge in [0.1, 0.15) is 11.8 Å². The summed E-state index contributed by atoms with van der Waals surface area (Å²) in [6.45, 7) is 2.34. The second-order valence-corrected chi connectivity index (χ2v) is 5.14. The van der Waals surface area contributed by atoms with Crippen LogP contribution in [0.15, 0.2) is 17.1 Å². The van der Waals surface area contributed by atoms with Gasteiger partial charge in [-0.2, -0.15) is 0 Å². The minimum atomic E-state index is -0.750. The third-order valence-electron chi connectivity index (χ3n) is 3.64. The normalized spacial score (nSPS) is 15.3. The molecule has 6 nitrogen and oxygen atoms in total. The van der Waals surface area contributed by atoms with Crippen LogP contribution in [-0.2, 0) is 15.1 Å². The average Bonchev–Trinajstić information content (AvgIpc) is 3.29. The van der Waals surface area contributed by atoms with Crippen LogP contribution in [0, 0.1) is 0 Å². The zero-order valence-electron chi connectivity index (χ0n) is 12.3. The summed E-state index contributed by atoms with van der Waals surface area (Å²) in [5.41, 5.74) is -1.12. The molecule has 0 saturated heterocycles. The Kier molecular flexibility index (Phi) is 4.45. The van der Waals surface area contributed by atoms with Crippen LogP contribution in [0.5, 0.6) is 5.75 Å². The quantitative estimate of drug-likeness (QED) is 0.433. The van der Waals surface area contributed by atoms with E-state index in [-0.39, 0.29) is 16.9 Å². The molecule has 1 aromatic rings. The van der Waals surface area contributed by atoms with Crippen molar-refractivity contribution in [3.63, 3.8) is 0 Å². The SMILES string of the molecule is CCCCOc1c(C(=O)OC)n(C2(C=O)CC2)ccc1=O. The summed E-state index contributed by atoms with van der Waals surface area (Å²) in [6, 6.07) is 1.32. The first-order chi connectivity index (χ1) is 10.1. The number of carbonyl (C=O) groups is 2. The Morgan fingerprint density at radius 1 is 1.48 bits per heavy atom. The lowest BCUT2D eigenvalue weighted by atomic mass is 10.2. The summed E-state index contributed by atoms with van der Waals surface area (Å²) in [7, 11) is 1.24. The third-order valence-corrected chi connectivity index (χ3v) is 3.64. The molecule has 0 aliphatic heterocycles. The van der Waals surface area contributed by atoms with E-state index < -0.39 is 11.5 Å². The summed E-state index contributed by atoms with van der Waals surface area (Å²) < 4.78 is 11.7. The molecule has 0 N–H and O–H groups in total. The molecule has 2 rings (SSSR count). The highest BCUT2D eigenvalue weighted by Crippen LogP contribution is 2.43. The van der Waals surface area contributed by atoms with E-state index in [9.17, 15) is 14.4 Å². The van der Waals surface area contributed by atoms with E-state index in [0.717, 1.165) is 19.1 Å². The molecule has 0 aromatic carbocycles. The number of rotatable bonds is 7. The molecule has 0 radical (unpaired) electrons. The molecule has 0 atom stereocenters. The maximum atomic E-state index is 12.1. The summed E-state index contributed by atoms with van der Waals surface area (Å²) in [5.74, 6) is -0.710. The van der Waals surface area contributed by atoms with E-state index in [1.54, 1.807) is 0 Å². The van der Waals surface area contributed by atoms with Crippen LogP contribution in [0.4, 0.5) is 0 Å².